The van der Waals surface area contributed by atoms with Gasteiger partial charge in [0, 0.05) is 28.4 Å². The number of pyridine rings is 1. The van der Waals surface area contributed by atoms with Gasteiger partial charge in [0.05, 0.1) is 5.02 Å². The van der Waals surface area contributed by atoms with Crippen LogP contribution in [0.25, 0.3) is 16.9 Å². The fourth-order valence-electron chi connectivity index (χ4n) is 2.69. The molecule has 0 bridgehead atoms. The third-order valence-electron chi connectivity index (χ3n) is 3.95. The van der Waals surface area contributed by atoms with E-state index in [4.69, 9.17) is 11.6 Å². The summed E-state index contributed by atoms with van der Waals surface area (Å²) in [6.07, 6.45) is 1.75. The SMILES string of the molecule is CCN(CC)C(=O)c1c(-c2ccc(I)cc2)nc2ccc(Cl)cn12. The molecule has 0 atom stereocenters. The van der Waals surface area contributed by atoms with Crippen LogP contribution in [0, 0.1) is 3.57 Å². The van der Waals surface area contributed by atoms with Crippen LogP contribution >= 0.6 is 34.2 Å². The zero-order chi connectivity index (χ0) is 17.3. The summed E-state index contributed by atoms with van der Waals surface area (Å²) in [7, 11) is 0. The summed E-state index contributed by atoms with van der Waals surface area (Å²) in [5, 5.41) is 0.572. The van der Waals surface area contributed by atoms with Crippen molar-refractivity contribution in [2.75, 3.05) is 13.1 Å². The lowest BCUT2D eigenvalue weighted by Crippen LogP contribution is -2.31. The van der Waals surface area contributed by atoms with Crippen LogP contribution in [0.3, 0.4) is 0 Å². The van der Waals surface area contributed by atoms with Gasteiger partial charge >= 0.3 is 0 Å². The van der Waals surface area contributed by atoms with Crippen LogP contribution in [0.1, 0.15) is 24.3 Å². The minimum atomic E-state index is -0.0386. The minimum absolute atomic E-state index is 0.0386. The molecule has 0 radical (unpaired) electrons. The summed E-state index contributed by atoms with van der Waals surface area (Å²) < 4.78 is 2.93. The molecule has 1 aromatic carbocycles. The van der Waals surface area contributed by atoms with Gasteiger partial charge < -0.3 is 4.90 Å². The van der Waals surface area contributed by atoms with Crippen LogP contribution < -0.4 is 0 Å². The van der Waals surface area contributed by atoms with E-state index >= 15 is 0 Å². The number of hydrogen-bond donors (Lipinski definition) is 0. The Labute approximate surface area is 159 Å². The van der Waals surface area contributed by atoms with Gasteiger partial charge in [0.25, 0.3) is 5.91 Å². The molecule has 0 spiro atoms. The van der Waals surface area contributed by atoms with Gasteiger partial charge in [0.2, 0.25) is 0 Å². The van der Waals surface area contributed by atoms with Gasteiger partial charge in [0.1, 0.15) is 17.0 Å². The van der Waals surface area contributed by atoms with Crippen LogP contribution in [0.15, 0.2) is 42.6 Å². The molecular weight excluding hydrogens is 437 g/mol. The topological polar surface area (TPSA) is 37.6 Å². The second-order valence-electron chi connectivity index (χ2n) is 5.37. The lowest BCUT2D eigenvalue weighted by atomic mass is 10.1. The Hall–Kier alpha value is -1.60. The molecule has 0 saturated heterocycles. The van der Waals surface area contributed by atoms with Crippen LogP contribution in [-0.4, -0.2) is 33.3 Å². The zero-order valence-electron chi connectivity index (χ0n) is 13.5. The summed E-state index contributed by atoms with van der Waals surface area (Å²) in [6, 6.07) is 11.6. The number of benzene rings is 1. The molecule has 6 heteroatoms. The Morgan fingerprint density at radius 3 is 2.46 bits per heavy atom. The number of aromatic nitrogens is 2. The van der Waals surface area contributed by atoms with E-state index < -0.39 is 0 Å². The fraction of sp³-hybridized carbons (Fsp3) is 0.222. The molecule has 124 valence electrons. The Morgan fingerprint density at radius 2 is 1.83 bits per heavy atom. The minimum Gasteiger partial charge on any atom is -0.338 e. The van der Waals surface area contributed by atoms with Crippen LogP contribution in [-0.2, 0) is 0 Å². The molecular formula is C18H17ClIN3O. The van der Waals surface area contributed by atoms with E-state index in [0.717, 1.165) is 9.13 Å². The normalized spacial score (nSPS) is 11.0. The number of carbonyl (C=O) groups excluding carboxylic acids is 1. The molecule has 0 N–H and O–H groups in total. The highest BCUT2D eigenvalue weighted by Crippen LogP contribution is 2.27. The average molecular weight is 454 g/mol. The first-order valence-electron chi connectivity index (χ1n) is 7.78. The smallest absolute Gasteiger partial charge is 0.273 e. The molecule has 2 aromatic heterocycles. The zero-order valence-corrected chi connectivity index (χ0v) is 16.4. The maximum Gasteiger partial charge on any atom is 0.273 e. The highest BCUT2D eigenvalue weighted by Gasteiger charge is 2.24. The third-order valence-corrected chi connectivity index (χ3v) is 4.90. The maximum absolute atomic E-state index is 13.1. The van der Waals surface area contributed by atoms with Crippen molar-refractivity contribution in [1.82, 2.24) is 14.3 Å². The van der Waals surface area contributed by atoms with Crippen molar-refractivity contribution in [2.45, 2.75) is 13.8 Å². The quantitative estimate of drug-likeness (QED) is 0.535. The molecule has 0 aliphatic carbocycles. The summed E-state index contributed by atoms with van der Waals surface area (Å²) >= 11 is 8.41. The number of imidazole rings is 1. The molecule has 2 heterocycles. The molecule has 1 amide bonds. The number of hydrogen-bond acceptors (Lipinski definition) is 2. The van der Waals surface area contributed by atoms with Gasteiger partial charge in [-0.15, -0.1) is 0 Å². The van der Waals surface area contributed by atoms with E-state index in [2.05, 4.69) is 27.6 Å². The first-order valence-corrected chi connectivity index (χ1v) is 9.23. The van der Waals surface area contributed by atoms with E-state index in [1.165, 1.54) is 0 Å². The van der Waals surface area contributed by atoms with Gasteiger partial charge in [-0.05, 0) is 60.7 Å². The van der Waals surface area contributed by atoms with Crippen molar-refractivity contribution in [2.24, 2.45) is 0 Å². The third kappa shape index (κ3) is 3.15. The van der Waals surface area contributed by atoms with E-state index in [1.807, 2.05) is 44.2 Å². The van der Waals surface area contributed by atoms with Gasteiger partial charge in [-0.2, -0.15) is 0 Å². The lowest BCUT2D eigenvalue weighted by Gasteiger charge is -2.19. The Morgan fingerprint density at radius 1 is 1.17 bits per heavy atom. The Kier molecular flexibility index (Phi) is 5.10. The Bertz CT molecular complexity index is 885. The Balaban J connectivity index is 2.26. The van der Waals surface area contributed by atoms with Crippen molar-refractivity contribution < 1.29 is 4.79 Å². The van der Waals surface area contributed by atoms with Gasteiger partial charge in [-0.3, -0.25) is 9.20 Å². The van der Waals surface area contributed by atoms with E-state index in [-0.39, 0.29) is 5.91 Å². The van der Waals surface area contributed by atoms with Crippen LogP contribution in [0.4, 0.5) is 0 Å². The summed E-state index contributed by atoms with van der Waals surface area (Å²) in [6.45, 7) is 5.24. The number of halogens is 2. The van der Waals surface area contributed by atoms with E-state index in [1.54, 1.807) is 21.6 Å². The maximum atomic E-state index is 13.1. The molecule has 24 heavy (non-hydrogen) atoms. The molecule has 3 rings (SSSR count). The molecule has 0 aliphatic rings. The van der Waals surface area contributed by atoms with Crippen molar-refractivity contribution in [3.63, 3.8) is 0 Å². The number of carbonyl (C=O) groups is 1. The van der Waals surface area contributed by atoms with Crippen LogP contribution in [0.2, 0.25) is 5.02 Å². The molecule has 3 aromatic rings. The molecule has 0 fully saturated rings. The first kappa shape index (κ1) is 17.2. The first-order chi connectivity index (χ1) is 11.5. The molecule has 0 unspecified atom stereocenters. The molecule has 0 aliphatic heterocycles. The predicted molar refractivity (Wildman–Crippen MR) is 106 cm³/mol. The highest BCUT2D eigenvalue weighted by atomic mass is 127. The molecule has 0 saturated carbocycles. The predicted octanol–water partition coefficient (Wildman–Crippen LogP) is 4.74. The fourth-order valence-corrected chi connectivity index (χ4v) is 3.21. The molecule has 4 nitrogen and oxygen atoms in total. The number of fused-ring (bicyclic) bond motifs is 1. The second-order valence-corrected chi connectivity index (χ2v) is 7.05. The largest absolute Gasteiger partial charge is 0.338 e. The van der Waals surface area contributed by atoms with Gasteiger partial charge in [0.15, 0.2) is 0 Å². The average Bonchev–Trinajstić information content (AvgIpc) is 2.95. The van der Waals surface area contributed by atoms with E-state index in [0.29, 0.717) is 35.1 Å². The number of nitrogens with zero attached hydrogens (tertiary/aromatic N) is 3. The highest BCUT2D eigenvalue weighted by molar-refractivity contribution is 14.1. The summed E-state index contributed by atoms with van der Waals surface area (Å²) in [5.41, 5.74) is 2.87. The standard InChI is InChI=1S/C18H17ClIN3O/c1-3-22(4-2)18(24)17-16(12-5-8-14(20)9-6-12)21-15-10-7-13(19)11-23(15)17/h5-11H,3-4H2,1-2H3. The van der Waals surface area contributed by atoms with Gasteiger partial charge in [-0.25, -0.2) is 4.98 Å². The summed E-state index contributed by atoms with van der Waals surface area (Å²) in [4.78, 5) is 19.5. The van der Waals surface area contributed by atoms with Crippen molar-refractivity contribution in [3.05, 3.63) is 56.9 Å². The van der Waals surface area contributed by atoms with Crippen molar-refractivity contribution in [3.8, 4) is 11.3 Å². The van der Waals surface area contributed by atoms with Crippen LogP contribution in [0.5, 0.6) is 0 Å². The number of rotatable bonds is 4. The van der Waals surface area contributed by atoms with Gasteiger partial charge in [-0.1, -0.05) is 23.7 Å². The van der Waals surface area contributed by atoms with E-state index in [9.17, 15) is 4.79 Å². The monoisotopic (exact) mass is 453 g/mol. The summed E-state index contributed by atoms with van der Waals surface area (Å²) in [5.74, 6) is -0.0386. The van der Waals surface area contributed by atoms with Crippen molar-refractivity contribution >= 4 is 45.7 Å². The number of amides is 1. The van der Waals surface area contributed by atoms with Crippen molar-refractivity contribution in [1.29, 1.82) is 0 Å². The lowest BCUT2D eigenvalue weighted by molar-refractivity contribution is 0.0767. The second kappa shape index (κ2) is 7.11.